The largest absolute Gasteiger partial charge is 0.485 e. The van der Waals surface area contributed by atoms with Crippen molar-refractivity contribution in [2.75, 3.05) is 13.7 Å². The lowest BCUT2D eigenvalue weighted by Gasteiger charge is -2.14. The second-order valence-electron chi connectivity index (χ2n) is 4.43. The second-order valence-corrected chi connectivity index (χ2v) is 4.43. The van der Waals surface area contributed by atoms with Gasteiger partial charge in [-0.2, -0.15) is 0 Å². The molecule has 18 heavy (non-hydrogen) atoms. The van der Waals surface area contributed by atoms with Crippen LogP contribution in [0.2, 0.25) is 0 Å². The number of ether oxygens (including phenoxy) is 2. The summed E-state index contributed by atoms with van der Waals surface area (Å²) in [4.78, 5) is 0. The minimum atomic E-state index is -0.714. The van der Waals surface area contributed by atoms with Crippen LogP contribution in [0.25, 0.3) is 0 Å². The molecular formula is C13H19F2NO2. The molecular weight excluding hydrogens is 240 g/mol. The lowest BCUT2D eigenvalue weighted by Crippen LogP contribution is -2.19. The van der Waals surface area contributed by atoms with Crippen LogP contribution in [-0.4, -0.2) is 25.9 Å². The second kappa shape index (κ2) is 6.66. The number of halogens is 2. The van der Waals surface area contributed by atoms with E-state index in [1.54, 1.807) is 13.8 Å². The molecule has 5 heteroatoms. The van der Waals surface area contributed by atoms with E-state index < -0.39 is 11.6 Å². The van der Waals surface area contributed by atoms with Gasteiger partial charge < -0.3 is 15.2 Å². The predicted octanol–water partition coefficient (Wildman–Crippen LogP) is 2.27. The normalized spacial score (nSPS) is 14.3. The maximum Gasteiger partial charge on any atom is 0.190 e. The van der Waals surface area contributed by atoms with Crippen molar-refractivity contribution < 1.29 is 18.3 Å². The summed E-state index contributed by atoms with van der Waals surface area (Å²) in [5.41, 5.74) is 6.11. The van der Waals surface area contributed by atoms with Crippen LogP contribution in [0.5, 0.6) is 5.75 Å². The molecule has 0 heterocycles. The monoisotopic (exact) mass is 259 g/mol. The van der Waals surface area contributed by atoms with E-state index in [9.17, 15) is 8.78 Å². The van der Waals surface area contributed by atoms with E-state index in [2.05, 4.69) is 0 Å². The quantitative estimate of drug-likeness (QED) is 0.852. The standard InChI is InChI=1S/C13H19F2NO2/c1-8(16)4-10-5-11(14)13(12(15)6-10)18-7-9(2)17-3/h5-6,8-9H,4,7,16H2,1-3H3. The minimum Gasteiger partial charge on any atom is -0.485 e. The van der Waals surface area contributed by atoms with Gasteiger partial charge in [-0.15, -0.1) is 0 Å². The van der Waals surface area contributed by atoms with Gasteiger partial charge in [0.15, 0.2) is 17.4 Å². The molecule has 2 unspecified atom stereocenters. The molecule has 0 aromatic heterocycles. The van der Waals surface area contributed by atoms with Crippen LogP contribution in [0, 0.1) is 11.6 Å². The molecule has 2 atom stereocenters. The van der Waals surface area contributed by atoms with Crippen molar-refractivity contribution in [1.82, 2.24) is 0 Å². The predicted molar refractivity (Wildman–Crippen MR) is 65.7 cm³/mol. The molecule has 1 aromatic carbocycles. The minimum absolute atomic E-state index is 0.0942. The molecule has 0 spiro atoms. The summed E-state index contributed by atoms with van der Waals surface area (Å²) < 4.78 is 37.4. The first kappa shape index (κ1) is 14.9. The van der Waals surface area contributed by atoms with Gasteiger partial charge in [-0.1, -0.05) is 0 Å². The highest BCUT2D eigenvalue weighted by Crippen LogP contribution is 2.24. The van der Waals surface area contributed by atoms with E-state index in [-0.39, 0.29) is 24.5 Å². The van der Waals surface area contributed by atoms with E-state index in [4.69, 9.17) is 15.2 Å². The van der Waals surface area contributed by atoms with Crippen LogP contribution in [-0.2, 0) is 11.2 Å². The first-order chi connectivity index (χ1) is 8.43. The number of methoxy groups -OCH3 is 1. The van der Waals surface area contributed by atoms with Gasteiger partial charge in [0.2, 0.25) is 0 Å². The van der Waals surface area contributed by atoms with Crippen molar-refractivity contribution in [1.29, 1.82) is 0 Å². The van der Waals surface area contributed by atoms with Crippen molar-refractivity contribution in [3.63, 3.8) is 0 Å². The molecule has 0 aliphatic heterocycles. The number of benzene rings is 1. The Morgan fingerprint density at radius 1 is 1.22 bits per heavy atom. The van der Waals surface area contributed by atoms with E-state index in [1.807, 2.05) is 0 Å². The number of nitrogens with two attached hydrogens (primary N) is 1. The molecule has 0 amide bonds. The van der Waals surface area contributed by atoms with Crippen LogP contribution < -0.4 is 10.5 Å². The van der Waals surface area contributed by atoms with Crippen molar-refractivity contribution in [2.24, 2.45) is 5.73 Å². The third-order valence-electron chi connectivity index (χ3n) is 2.48. The van der Waals surface area contributed by atoms with Crippen molar-refractivity contribution in [2.45, 2.75) is 32.4 Å². The van der Waals surface area contributed by atoms with Crippen LogP contribution in [0.3, 0.4) is 0 Å². The number of hydrogen-bond acceptors (Lipinski definition) is 3. The first-order valence-corrected chi connectivity index (χ1v) is 5.83. The van der Waals surface area contributed by atoms with E-state index in [0.29, 0.717) is 12.0 Å². The summed E-state index contributed by atoms with van der Waals surface area (Å²) in [5.74, 6) is -1.80. The average Bonchev–Trinajstić information content (AvgIpc) is 2.26. The molecule has 1 rings (SSSR count). The Bertz CT molecular complexity index is 374. The smallest absolute Gasteiger partial charge is 0.190 e. The van der Waals surface area contributed by atoms with E-state index >= 15 is 0 Å². The van der Waals surface area contributed by atoms with Gasteiger partial charge in [-0.3, -0.25) is 0 Å². The van der Waals surface area contributed by atoms with Crippen LogP contribution in [0.15, 0.2) is 12.1 Å². The Morgan fingerprint density at radius 2 is 1.78 bits per heavy atom. The van der Waals surface area contributed by atoms with Gasteiger partial charge >= 0.3 is 0 Å². The van der Waals surface area contributed by atoms with E-state index in [0.717, 1.165) is 0 Å². The molecule has 0 radical (unpaired) electrons. The fourth-order valence-corrected chi connectivity index (χ4v) is 1.51. The SMILES string of the molecule is COC(C)COc1c(F)cc(CC(C)N)cc1F. The third-order valence-corrected chi connectivity index (χ3v) is 2.48. The Kier molecular flexibility index (Phi) is 5.50. The van der Waals surface area contributed by atoms with Gasteiger partial charge in [0.1, 0.15) is 6.61 Å². The van der Waals surface area contributed by atoms with Gasteiger partial charge in [0.05, 0.1) is 6.10 Å². The molecule has 0 aliphatic carbocycles. The Morgan fingerprint density at radius 3 is 2.22 bits per heavy atom. The summed E-state index contributed by atoms with van der Waals surface area (Å²) in [6.45, 7) is 3.62. The fraction of sp³-hybridized carbons (Fsp3) is 0.538. The zero-order valence-corrected chi connectivity index (χ0v) is 10.9. The van der Waals surface area contributed by atoms with Crippen molar-refractivity contribution in [3.8, 4) is 5.75 Å². The molecule has 2 N–H and O–H groups in total. The Labute approximate surface area is 106 Å². The molecule has 3 nitrogen and oxygen atoms in total. The molecule has 0 aliphatic rings. The summed E-state index contributed by atoms with van der Waals surface area (Å²) in [6, 6.07) is 2.35. The topological polar surface area (TPSA) is 44.5 Å². The maximum absolute atomic E-state index is 13.7. The molecule has 1 aromatic rings. The van der Waals surface area contributed by atoms with Gasteiger partial charge in [-0.05, 0) is 38.0 Å². The lowest BCUT2D eigenvalue weighted by atomic mass is 10.1. The Hall–Kier alpha value is -1.20. The highest BCUT2D eigenvalue weighted by molar-refractivity contribution is 5.31. The number of hydrogen-bond donors (Lipinski definition) is 1. The summed E-state index contributed by atoms with van der Waals surface area (Å²) in [7, 11) is 1.51. The van der Waals surface area contributed by atoms with Gasteiger partial charge in [-0.25, -0.2) is 8.78 Å². The first-order valence-electron chi connectivity index (χ1n) is 5.83. The third kappa shape index (κ3) is 4.23. The fourth-order valence-electron chi connectivity index (χ4n) is 1.51. The molecule has 0 bridgehead atoms. The van der Waals surface area contributed by atoms with E-state index in [1.165, 1.54) is 19.2 Å². The zero-order chi connectivity index (χ0) is 13.7. The van der Waals surface area contributed by atoms with Gasteiger partial charge in [0, 0.05) is 13.2 Å². The van der Waals surface area contributed by atoms with Crippen LogP contribution in [0.1, 0.15) is 19.4 Å². The highest BCUT2D eigenvalue weighted by atomic mass is 19.1. The van der Waals surface area contributed by atoms with Crippen LogP contribution >= 0.6 is 0 Å². The summed E-state index contributed by atoms with van der Waals surface area (Å²) in [5, 5.41) is 0. The Balaban J connectivity index is 2.81. The van der Waals surface area contributed by atoms with Gasteiger partial charge in [0.25, 0.3) is 0 Å². The maximum atomic E-state index is 13.7. The lowest BCUT2D eigenvalue weighted by molar-refractivity contribution is 0.0685. The summed E-state index contributed by atoms with van der Waals surface area (Å²) >= 11 is 0. The van der Waals surface area contributed by atoms with Crippen molar-refractivity contribution in [3.05, 3.63) is 29.3 Å². The zero-order valence-electron chi connectivity index (χ0n) is 10.9. The van der Waals surface area contributed by atoms with Crippen molar-refractivity contribution >= 4 is 0 Å². The molecule has 102 valence electrons. The molecule has 0 saturated heterocycles. The average molecular weight is 259 g/mol. The highest BCUT2D eigenvalue weighted by Gasteiger charge is 2.14. The molecule has 0 fully saturated rings. The molecule has 0 saturated carbocycles. The number of rotatable bonds is 6. The summed E-state index contributed by atoms with van der Waals surface area (Å²) in [6.07, 6.45) is 0.190. The van der Waals surface area contributed by atoms with Crippen LogP contribution in [0.4, 0.5) is 8.78 Å².